The van der Waals surface area contributed by atoms with Crippen LogP contribution in [-0.4, -0.2) is 32.6 Å². The molecule has 0 bridgehead atoms. The van der Waals surface area contributed by atoms with Crippen LogP contribution in [0.5, 0.6) is 0 Å². The van der Waals surface area contributed by atoms with Crippen LogP contribution in [0.25, 0.3) is 22.9 Å². The lowest BCUT2D eigenvalue weighted by molar-refractivity contribution is -0.115. The highest BCUT2D eigenvalue weighted by Gasteiger charge is 2.25. The first-order valence-electron chi connectivity index (χ1n) is 11.1. The van der Waals surface area contributed by atoms with Crippen molar-refractivity contribution in [3.8, 4) is 11.1 Å². The molecule has 35 heavy (non-hydrogen) atoms. The summed E-state index contributed by atoms with van der Waals surface area (Å²) < 4.78 is 15.7. The van der Waals surface area contributed by atoms with Crippen LogP contribution in [0.4, 0.5) is 20.8 Å². The third-order valence-electron chi connectivity index (χ3n) is 5.81. The molecular formula is C24H20FN7O2S. The number of nitrogens with zero attached hydrogens (tertiary/aromatic N) is 3. The van der Waals surface area contributed by atoms with E-state index in [2.05, 4.69) is 26.4 Å². The smallest absolute Gasteiger partial charge is 0.326 e. The number of rotatable bonds is 7. The molecule has 0 radical (unpaired) electrons. The number of thiophene rings is 1. The Bertz CT molecular complexity index is 1490. The number of nitrogens with one attached hydrogen (secondary N) is 4. The molecule has 2 aliphatic rings. The molecule has 0 unspecified atom stereocenters. The molecule has 0 atom stereocenters. The lowest BCUT2D eigenvalue weighted by Crippen LogP contribution is -2.22. The lowest BCUT2D eigenvalue weighted by atomic mass is 10.0. The van der Waals surface area contributed by atoms with E-state index < -0.39 is 11.9 Å². The number of imide groups is 1. The van der Waals surface area contributed by atoms with E-state index in [1.807, 2.05) is 22.9 Å². The summed E-state index contributed by atoms with van der Waals surface area (Å²) in [5.74, 6) is 0.575. The molecular weight excluding hydrogens is 469 g/mol. The fraction of sp³-hybridized carbons (Fsp3) is 0.167. The van der Waals surface area contributed by atoms with E-state index in [1.165, 1.54) is 12.1 Å². The van der Waals surface area contributed by atoms with Crippen molar-refractivity contribution in [3.05, 3.63) is 69.9 Å². The maximum atomic E-state index is 14.0. The van der Waals surface area contributed by atoms with Crippen LogP contribution in [0.1, 0.15) is 24.0 Å². The third-order valence-corrected chi connectivity index (χ3v) is 6.50. The minimum Gasteiger partial charge on any atom is -0.367 e. The van der Waals surface area contributed by atoms with Gasteiger partial charge in [0.15, 0.2) is 5.65 Å². The highest BCUT2D eigenvalue weighted by molar-refractivity contribution is 7.08. The number of hydrogen-bond acceptors (Lipinski definition) is 7. The van der Waals surface area contributed by atoms with Crippen molar-refractivity contribution in [2.75, 3.05) is 10.6 Å². The normalized spacial score (nSPS) is 16.5. The van der Waals surface area contributed by atoms with E-state index in [4.69, 9.17) is 4.98 Å². The van der Waals surface area contributed by atoms with Crippen LogP contribution in [0.2, 0.25) is 0 Å². The fourth-order valence-electron chi connectivity index (χ4n) is 3.92. The van der Waals surface area contributed by atoms with Crippen molar-refractivity contribution in [3.63, 3.8) is 0 Å². The van der Waals surface area contributed by atoms with Crippen LogP contribution in [0.15, 0.2) is 53.0 Å². The molecule has 3 amide bonds. The zero-order chi connectivity index (χ0) is 23.9. The number of aromatic nitrogens is 3. The number of carbonyl (C=O) groups excluding carboxylic acids is 2. The number of amides is 3. The Balaban J connectivity index is 1.35. The second-order valence-corrected chi connectivity index (χ2v) is 9.19. The Labute approximate surface area is 203 Å². The molecule has 1 saturated carbocycles. The number of fused-ring (bicyclic) bond motifs is 1. The van der Waals surface area contributed by atoms with E-state index in [0.717, 1.165) is 35.3 Å². The number of carbonyl (C=O) groups is 2. The van der Waals surface area contributed by atoms with Gasteiger partial charge in [0.1, 0.15) is 23.1 Å². The van der Waals surface area contributed by atoms with Crippen LogP contribution < -0.4 is 21.3 Å². The zero-order valence-corrected chi connectivity index (χ0v) is 19.2. The van der Waals surface area contributed by atoms with E-state index in [9.17, 15) is 14.0 Å². The predicted octanol–water partition coefficient (Wildman–Crippen LogP) is 3.96. The second kappa shape index (κ2) is 8.51. The molecule has 1 saturated heterocycles. The molecule has 176 valence electrons. The predicted molar refractivity (Wildman–Crippen MR) is 131 cm³/mol. The molecule has 4 heterocycles. The molecule has 11 heteroatoms. The van der Waals surface area contributed by atoms with Gasteiger partial charge in [0.25, 0.3) is 5.91 Å². The van der Waals surface area contributed by atoms with Gasteiger partial charge in [-0.3, -0.25) is 10.1 Å². The maximum Gasteiger partial charge on any atom is 0.326 e. The van der Waals surface area contributed by atoms with Crippen molar-refractivity contribution in [1.29, 1.82) is 0 Å². The summed E-state index contributed by atoms with van der Waals surface area (Å²) in [7, 11) is 0. The average Bonchev–Trinajstić information content (AvgIpc) is 3.19. The number of urea groups is 1. The Morgan fingerprint density at radius 3 is 2.83 bits per heavy atom. The van der Waals surface area contributed by atoms with Crippen LogP contribution in [-0.2, 0) is 11.3 Å². The van der Waals surface area contributed by atoms with Crippen LogP contribution in [0, 0.1) is 5.82 Å². The van der Waals surface area contributed by atoms with Gasteiger partial charge in [-0.05, 0) is 64.6 Å². The topological polar surface area (TPSA) is 112 Å². The number of benzene rings is 1. The molecule has 1 aromatic carbocycles. The SMILES string of the molecule is O=C1NC(=O)/C(=C/c2cnn3c(NC4CC4)cc(NCc4ccc(F)cc4-c4ccsc4)nc23)N1. The van der Waals surface area contributed by atoms with Crippen molar-refractivity contribution >= 4 is 46.6 Å². The van der Waals surface area contributed by atoms with E-state index in [0.29, 0.717) is 29.6 Å². The summed E-state index contributed by atoms with van der Waals surface area (Å²) in [6.45, 7) is 0.431. The van der Waals surface area contributed by atoms with E-state index in [1.54, 1.807) is 34.2 Å². The molecule has 1 aliphatic heterocycles. The Morgan fingerprint density at radius 1 is 1.20 bits per heavy atom. The zero-order valence-electron chi connectivity index (χ0n) is 18.3. The molecule has 1 aliphatic carbocycles. The average molecular weight is 490 g/mol. The van der Waals surface area contributed by atoms with Gasteiger partial charge in [0.2, 0.25) is 0 Å². The standard InChI is InChI=1S/C24H20FN7O2S/c25-16-2-1-13(18(8-16)14-5-6-35-12-14)10-26-20-9-21(28-17-3-4-17)32-22(30-20)15(11-27-32)7-19-23(33)31-24(34)29-19/h1-2,5-9,11-12,17,28H,3-4,10H2,(H,26,30)(H2,29,31,33,34)/b19-7-. The van der Waals surface area contributed by atoms with E-state index in [-0.39, 0.29) is 11.5 Å². The first-order valence-corrected chi connectivity index (χ1v) is 12.0. The van der Waals surface area contributed by atoms with Crippen LogP contribution >= 0.6 is 11.3 Å². The summed E-state index contributed by atoms with van der Waals surface area (Å²) in [6, 6.07) is 8.42. The quantitative estimate of drug-likeness (QED) is 0.231. The Kier molecular flexibility index (Phi) is 5.18. The number of anilines is 2. The van der Waals surface area contributed by atoms with Gasteiger partial charge in [-0.2, -0.15) is 21.0 Å². The molecule has 3 aromatic heterocycles. The van der Waals surface area contributed by atoms with Gasteiger partial charge in [-0.25, -0.2) is 14.2 Å². The summed E-state index contributed by atoms with van der Waals surface area (Å²) in [6.07, 6.45) is 5.31. The first-order chi connectivity index (χ1) is 17.0. The molecule has 2 fully saturated rings. The second-order valence-electron chi connectivity index (χ2n) is 8.41. The molecule has 4 aromatic rings. The maximum absolute atomic E-state index is 14.0. The lowest BCUT2D eigenvalue weighted by Gasteiger charge is -2.13. The molecule has 6 rings (SSSR count). The van der Waals surface area contributed by atoms with Gasteiger partial charge in [0, 0.05) is 24.2 Å². The fourth-order valence-corrected chi connectivity index (χ4v) is 4.58. The van der Waals surface area contributed by atoms with Gasteiger partial charge in [-0.1, -0.05) is 6.07 Å². The monoisotopic (exact) mass is 489 g/mol. The molecule has 4 N–H and O–H groups in total. The van der Waals surface area contributed by atoms with E-state index >= 15 is 0 Å². The summed E-state index contributed by atoms with van der Waals surface area (Å²) in [5, 5.41) is 19.9. The first kappa shape index (κ1) is 21.3. The number of hydrogen-bond donors (Lipinski definition) is 4. The molecule has 9 nitrogen and oxygen atoms in total. The highest BCUT2D eigenvalue weighted by Crippen LogP contribution is 2.30. The Hall–Kier alpha value is -4.25. The summed E-state index contributed by atoms with van der Waals surface area (Å²) in [5.41, 5.74) is 3.97. The van der Waals surface area contributed by atoms with Gasteiger partial charge in [0.05, 0.1) is 6.20 Å². The largest absolute Gasteiger partial charge is 0.367 e. The van der Waals surface area contributed by atoms with Crippen molar-refractivity contribution in [2.24, 2.45) is 0 Å². The van der Waals surface area contributed by atoms with Gasteiger partial charge >= 0.3 is 6.03 Å². The minimum absolute atomic E-state index is 0.133. The summed E-state index contributed by atoms with van der Waals surface area (Å²) >= 11 is 1.56. The summed E-state index contributed by atoms with van der Waals surface area (Å²) in [4.78, 5) is 28.2. The van der Waals surface area contributed by atoms with Crippen molar-refractivity contribution < 1.29 is 14.0 Å². The van der Waals surface area contributed by atoms with Gasteiger partial charge < -0.3 is 16.0 Å². The number of halogens is 1. The van der Waals surface area contributed by atoms with Gasteiger partial charge in [-0.15, -0.1) is 0 Å². The highest BCUT2D eigenvalue weighted by atomic mass is 32.1. The van der Waals surface area contributed by atoms with Crippen LogP contribution in [0.3, 0.4) is 0 Å². The van der Waals surface area contributed by atoms with Crippen molar-refractivity contribution in [1.82, 2.24) is 25.2 Å². The molecule has 0 spiro atoms. The third kappa shape index (κ3) is 4.33. The Morgan fingerprint density at radius 2 is 2.09 bits per heavy atom. The van der Waals surface area contributed by atoms with Crippen molar-refractivity contribution in [2.45, 2.75) is 25.4 Å². The minimum atomic E-state index is -0.565.